The van der Waals surface area contributed by atoms with Gasteiger partial charge in [-0.3, -0.25) is 4.79 Å². The van der Waals surface area contributed by atoms with Crippen LogP contribution in [0.1, 0.15) is 39.0 Å². The average molecular weight is 231 g/mol. The van der Waals surface area contributed by atoms with Crippen molar-refractivity contribution in [2.45, 2.75) is 39.0 Å². The topological polar surface area (TPSA) is 20.3 Å². The minimum absolute atomic E-state index is 0.239. The summed E-state index contributed by atoms with van der Waals surface area (Å²) in [4.78, 5) is 14.4. The molecule has 1 atom stereocenters. The van der Waals surface area contributed by atoms with Gasteiger partial charge in [-0.2, -0.15) is 0 Å². The highest BCUT2D eigenvalue weighted by atomic mass is 16.2. The summed E-state index contributed by atoms with van der Waals surface area (Å²) < 4.78 is 0. The third-order valence-electron chi connectivity index (χ3n) is 3.50. The van der Waals surface area contributed by atoms with Gasteiger partial charge in [-0.15, -0.1) is 0 Å². The minimum Gasteiger partial charge on any atom is -0.312 e. The molecule has 1 aliphatic rings. The molecule has 2 rings (SSSR count). The van der Waals surface area contributed by atoms with Gasteiger partial charge >= 0.3 is 0 Å². The summed E-state index contributed by atoms with van der Waals surface area (Å²) in [5.41, 5.74) is 1.06. The van der Waals surface area contributed by atoms with E-state index in [1.165, 1.54) is 6.42 Å². The van der Waals surface area contributed by atoms with E-state index in [4.69, 9.17) is 0 Å². The largest absolute Gasteiger partial charge is 0.312 e. The zero-order valence-electron chi connectivity index (χ0n) is 10.6. The van der Waals surface area contributed by atoms with Crippen molar-refractivity contribution in [2.75, 3.05) is 11.4 Å². The molecule has 0 spiro atoms. The van der Waals surface area contributed by atoms with E-state index in [9.17, 15) is 4.79 Å². The molecule has 0 bridgehead atoms. The molecule has 0 saturated carbocycles. The van der Waals surface area contributed by atoms with Crippen molar-refractivity contribution in [1.82, 2.24) is 0 Å². The molecule has 2 nitrogen and oxygen atoms in total. The number of para-hydroxylation sites is 1. The number of amides is 1. The van der Waals surface area contributed by atoms with Crippen molar-refractivity contribution in [2.24, 2.45) is 5.92 Å². The molecule has 1 heterocycles. The van der Waals surface area contributed by atoms with Gasteiger partial charge in [0.15, 0.2) is 0 Å². The highest BCUT2D eigenvalue weighted by molar-refractivity contribution is 5.95. The second kappa shape index (κ2) is 5.85. The summed E-state index contributed by atoms with van der Waals surface area (Å²) in [5.74, 6) is 0.568. The zero-order chi connectivity index (χ0) is 12.1. The molecule has 0 aromatic heterocycles. The Bertz CT molecular complexity index is 360. The van der Waals surface area contributed by atoms with E-state index in [-0.39, 0.29) is 5.92 Å². The molecule has 1 aliphatic heterocycles. The summed E-state index contributed by atoms with van der Waals surface area (Å²) in [6.07, 6.45) is 5.50. The first-order valence-electron chi connectivity index (χ1n) is 6.69. The summed E-state index contributed by atoms with van der Waals surface area (Å²) in [6, 6.07) is 10.1. The van der Waals surface area contributed by atoms with Crippen LogP contribution in [0.3, 0.4) is 0 Å². The number of anilines is 1. The molecule has 17 heavy (non-hydrogen) atoms. The molecule has 0 aliphatic carbocycles. The van der Waals surface area contributed by atoms with E-state index in [1.54, 1.807) is 0 Å². The quantitative estimate of drug-likeness (QED) is 0.778. The fourth-order valence-corrected chi connectivity index (χ4v) is 2.60. The van der Waals surface area contributed by atoms with Crippen LogP contribution in [0.4, 0.5) is 5.69 Å². The van der Waals surface area contributed by atoms with Gasteiger partial charge in [0.1, 0.15) is 0 Å². The molecule has 1 saturated heterocycles. The van der Waals surface area contributed by atoms with Crippen LogP contribution in [0.25, 0.3) is 0 Å². The summed E-state index contributed by atoms with van der Waals surface area (Å²) >= 11 is 0. The predicted molar refractivity (Wildman–Crippen MR) is 71.0 cm³/mol. The van der Waals surface area contributed by atoms with Crippen molar-refractivity contribution in [3.8, 4) is 0 Å². The molecular formula is C15H21NO. The normalized spacial score (nSPS) is 21.4. The van der Waals surface area contributed by atoms with Crippen LogP contribution in [0.2, 0.25) is 0 Å². The molecule has 0 radical (unpaired) electrons. The van der Waals surface area contributed by atoms with E-state index in [2.05, 4.69) is 6.92 Å². The van der Waals surface area contributed by atoms with Crippen LogP contribution in [-0.4, -0.2) is 12.5 Å². The molecule has 1 unspecified atom stereocenters. The van der Waals surface area contributed by atoms with Crippen LogP contribution in [0.5, 0.6) is 0 Å². The monoisotopic (exact) mass is 231 g/mol. The Morgan fingerprint density at radius 1 is 1.24 bits per heavy atom. The van der Waals surface area contributed by atoms with Crippen molar-refractivity contribution < 1.29 is 4.79 Å². The zero-order valence-corrected chi connectivity index (χ0v) is 10.6. The second-order valence-corrected chi connectivity index (χ2v) is 4.81. The summed E-state index contributed by atoms with van der Waals surface area (Å²) in [5, 5.41) is 0. The number of carbonyl (C=O) groups is 1. The fourth-order valence-electron chi connectivity index (χ4n) is 2.60. The molecular weight excluding hydrogens is 210 g/mol. The lowest BCUT2D eigenvalue weighted by molar-refractivity contribution is -0.122. The Morgan fingerprint density at radius 3 is 2.71 bits per heavy atom. The smallest absolute Gasteiger partial charge is 0.230 e. The number of hydrogen-bond acceptors (Lipinski definition) is 1. The number of rotatable bonds is 3. The number of nitrogens with zero attached hydrogens (tertiary/aromatic N) is 1. The Morgan fingerprint density at radius 2 is 2.00 bits per heavy atom. The second-order valence-electron chi connectivity index (χ2n) is 4.81. The van der Waals surface area contributed by atoms with E-state index >= 15 is 0 Å². The van der Waals surface area contributed by atoms with Gasteiger partial charge in [-0.1, -0.05) is 38.0 Å². The molecule has 0 N–H and O–H groups in total. The molecule has 1 aromatic carbocycles. The number of carbonyl (C=O) groups excluding carboxylic acids is 1. The van der Waals surface area contributed by atoms with Gasteiger partial charge in [0.05, 0.1) is 0 Å². The molecule has 92 valence electrons. The summed E-state index contributed by atoms with van der Waals surface area (Å²) in [7, 11) is 0. The Kier molecular flexibility index (Phi) is 4.18. The minimum atomic E-state index is 0.239. The number of hydrogen-bond donors (Lipinski definition) is 0. The van der Waals surface area contributed by atoms with Crippen molar-refractivity contribution in [3.05, 3.63) is 30.3 Å². The van der Waals surface area contributed by atoms with Crippen LogP contribution in [-0.2, 0) is 4.79 Å². The fraction of sp³-hybridized carbons (Fsp3) is 0.533. The van der Waals surface area contributed by atoms with Crippen LogP contribution in [0.15, 0.2) is 30.3 Å². The number of benzene rings is 1. The lowest BCUT2D eigenvalue weighted by atomic mass is 9.97. The van der Waals surface area contributed by atoms with Crippen LogP contribution >= 0.6 is 0 Å². The Labute approximate surface area is 104 Å². The third-order valence-corrected chi connectivity index (χ3v) is 3.50. The standard InChI is InChI=1S/C15H21NO/c1-2-8-13-9-6-7-12-16(15(13)17)14-10-4-3-5-11-14/h3-5,10-11,13H,2,6-9,12H2,1H3. The highest BCUT2D eigenvalue weighted by Crippen LogP contribution is 2.26. The van der Waals surface area contributed by atoms with Gasteiger partial charge in [0.2, 0.25) is 5.91 Å². The highest BCUT2D eigenvalue weighted by Gasteiger charge is 2.26. The maximum Gasteiger partial charge on any atom is 0.230 e. The lowest BCUT2D eigenvalue weighted by Gasteiger charge is -2.24. The van der Waals surface area contributed by atoms with E-state index in [0.717, 1.165) is 37.9 Å². The van der Waals surface area contributed by atoms with Crippen LogP contribution < -0.4 is 4.90 Å². The average Bonchev–Trinajstić information content (AvgIpc) is 2.54. The van der Waals surface area contributed by atoms with Crippen molar-refractivity contribution in [3.63, 3.8) is 0 Å². The lowest BCUT2D eigenvalue weighted by Crippen LogP contribution is -2.35. The molecule has 1 aromatic rings. The maximum atomic E-state index is 12.5. The SMILES string of the molecule is CCCC1CCCCN(c2ccccc2)C1=O. The first-order valence-corrected chi connectivity index (χ1v) is 6.69. The first kappa shape index (κ1) is 12.2. The van der Waals surface area contributed by atoms with Gasteiger partial charge < -0.3 is 4.90 Å². The molecule has 1 fully saturated rings. The van der Waals surface area contributed by atoms with E-state index in [0.29, 0.717) is 5.91 Å². The van der Waals surface area contributed by atoms with Gasteiger partial charge in [0, 0.05) is 18.2 Å². The molecule has 2 heteroatoms. The maximum absolute atomic E-state index is 12.5. The van der Waals surface area contributed by atoms with Crippen LogP contribution in [0, 0.1) is 5.92 Å². The third kappa shape index (κ3) is 2.87. The Balaban J connectivity index is 2.18. The van der Waals surface area contributed by atoms with E-state index < -0.39 is 0 Å². The predicted octanol–water partition coefficient (Wildman–Crippen LogP) is 3.62. The summed E-state index contributed by atoms with van der Waals surface area (Å²) in [6.45, 7) is 3.04. The molecule has 1 amide bonds. The van der Waals surface area contributed by atoms with Crippen molar-refractivity contribution in [1.29, 1.82) is 0 Å². The Hall–Kier alpha value is -1.31. The van der Waals surface area contributed by atoms with E-state index in [1.807, 2.05) is 35.2 Å². The van der Waals surface area contributed by atoms with Gasteiger partial charge in [-0.25, -0.2) is 0 Å². The first-order chi connectivity index (χ1) is 8.33. The van der Waals surface area contributed by atoms with Gasteiger partial charge in [-0.05, 0) is 31.4 Å². The van der Waals surface area contributed by atoms with Crippen molar-refractivity contribution >= 4 is 11.6 Å². The van der Waals surface area contributed by atoms with Gasteiger partial charge in [0.25, 0.3) is 0 Å².